The van der Waals surface area contributed by atoms with Crippen LogP contribution in [0.1, 0.15) is 19.2 Å². The number of benzene rings is 3. The maximum Gasteiger partial charge on any atom is 0.307 e. The van der Waals surface area contributed by atoms with Crippen molar-refractivity contribution in [2.24, 2.45) is 0 Å². The van der Waals surface area contributed by atoms with Crippen LogP contribution in [0.5, 0.6) is 0 Å². The van der Waals surface area contributed by atoms with Gasteiger partial charge in [0, 0.05) is 12.1 Å². The van der Waals surface area contributed by atoms with Gasteiger partial charge in [-0.1, -0.05) is 42.5 Å². The molecule has 1 heterocycles. The fourth-order valence-electron chi connectivity index (χ4n) is 3.06. The van der Waals surface area contributed by atoms with Crippen LogP contribution in [0.2, 0.25) is 0 Å². The third-order valence-corrected chi connectivity index (χ3v) is 4.58. The zero-order chi connectivity index (χ0) is 20.2. The summed E-state index contributed by atoms with van der Waals surface area (Å²) in [5.41, 5.74) is 2.08. The minimum absolute atomic E-state index is 0.0837. The van der Waals surface area contributed by atoms with Crippen molar-refractivity contribution in [1.82, 2.24) is 4.98 Å². The average molecular weight is 388 g/mol. The number of esters is 1. The summed E-state index contributed by atoms with van der Waals surface area (Å²) >= 11 is 0. The predicted molar refractivity (Wildman–Crippen MR) is 110 cm³/mol. The summed E-state index contributed by atoms with van der Waals surface area (Å²) in [6, 6.07) is 20.9. The van der Waals surface area contributed by atoms with Gasteiger partial charge < -0.3 is 14.5 Å². The molecule has 4 rings (SSSR count). The van der Waals surface area contributed by atoms with Crippen LogP contribution in [0.25, 0.3) is 21.9 Å². The number of rotatable bonds is 6. The highest BCUT2D eigenvalue weighted by Crippen LogP contribution is 2.19. The van der Waals surface area contributed by atoms with Gasteiger partial charge in [0.25, 0.3) is 5.91 Å². The number of carbonyl (C=O) groups is 2. The predicted octanol–water partition coefficient (Wildman–Crippen LogP) is 4.48. The molecular formula is C23H20N2O4. The first-order valence-electron chi connectivity index (χ1n) is 9.42. The first-order chi connectivity index (χ1) is 14.1. The van der Waals surface area contributed by atoms with Crippen LogP contribution in [0.3, 0.4) is 0 Å². The summed E-state index contributed by atoms with van der Waals surface area (Å²) in [6.07, 6.45) is -0.509. The van der Waals surface area contributed by atoms with E-state index in [0.717, 1.165) is 16.3 Å². The summed E-state index contributed by atoms with van der Waals surface area (Å²) in [7, 11) is 0. The SMILES string of the molecule is C[C@H](OC(=O)CCc1nc2ccccc2o1)C(=O)Nc1ccc2ccccc2c1. The van der Waals surface area contributed by atoms with Crippen LogP contribution in [0.4, 0.5) is 5.69 Å². The normalized spacial score (nSPS) is 12.0. The number of hydrogen-bond acceptors (Lipinski definition) is 5. The number of fused-ring (bicyclic) bond motifs is 2. The van der Waals surface area contributed by atoms with E-state index in [9.17, 15) is 9.59 Å². The van der Waals surface area contributed by atoms with Crippen LogP contribution in [-0.4, -0.2) is 23.0 Å². The highest BCUT2D eigenvalue weighted by Gasteiger charge is 2.18. The van der Waals surface area contributed by atoms with Crippen molar-refractivity contribution < 1.29 is 18.7 Å². The van der Waals surface area contributed by atoms with Gasteiger partial charge in [-0.15, -0.1) is 0 Å². The number of nitrogens with zero attached hydrogens (tertiary/aromatic N) is 1. The Labute approximate surface area is 167 Å². The highest BCUT2D eigenvalue weighted by molar-refractivity contribution is 5.97. The monoisotopic (exact) mass is 388 g/mol. The second-order valence-corrected chi connectivity index (χ2v) is 6.76. The largest absolute Gasteiger partial charge is 0.453 e. The van der Waals surface area contributed by atoms with E-state index in [4.69, 9.17) is 9.15 Å². The topological polar surface area (TPSA) is 81.4 Å². The van der Waals surface area contributed by atoms with Gasteiger partial charge in [-0.05, 0) is 42.0 Å². The van der Waals surface area contributed by atoms with Crippen molar-refractivity contribution >= 4 is 39.4 Å². The number of carbonyl (C=O) groups excluding carboxylic acids is 2. The highest BCUT2D eigenvalue weighted by atomic mass is 16.5. The second kappa shape index (κ2) is 8.14. The first kappa shape index (κ1) is 18.7. The molecule has 1 aromatic heterocycles. The molecule has 0 radical (unpaired) electrons. The molecular weight excluding hydrogens is 368 g/mol. The third kappa shape index (κ3) is 4.43. The maximum atomic E-state index is 12.4. The van der Waals surface area contributed by atoms with Crippen molar-refractivity contribution in [3.63, 3.8) is 0 Å². The Morgan fingerprint density at radius 1 is 1.03 bits per heavy atom. The van der Waals surface area contributed by atoms with E-state index in [1.807, 2.05) is 66.7 Å². The van der Waals surface area contributed by atoms with Gasteiger partial charge >= 0.3 is 5.97 Å². The summed E-state index contributed by atoms with van der Waals surface area (Å²) in [5.74, 6) is -0.389. The zero-order valence-electron chi connectivity index (χ0n) is 15.9. The number of aryl methyl sites for hydroxylation is 1. The Kier molecular flexibility index (Phi) is 5.24. The fraction of sp³-hybridized carbons (Fsp3) is 0.174. The fourth-order valence-corrected chi connectivity index (χ4v) is 3.06. The molecule has 0 bridgehead atoms. The number of amides is 1. The zero-order valence-corrected chi connectivity index (χ0v) is 15.9. The van der Waals surface area contributed by atoms with E-state index in [-0.39, 0.29) is 12.3 Å². The lowest BCUT2D eigenvalue weighted by Crippen LogP contribution is -2.30. The van der Waals surface area contributed by atoms with Crippen molar-refractivity contribution in [3.8, 4) is 0 Å². The summed E-state index contributed by atoms with van der Waals surface area (Å²) in [4.78, 5) is 28.8. The number of nitrogens with one attached hydrogen (secondary N) is 1. The standard InChI is InChI=1S/C23H20N2O4/c1-15(23(27)24-18-11-10-16-6-2-3-7-17(16)14-18)28-22(26)13-12-21-25-19-8-4-5-9-20(19)29-21/h2-11,14-15H,12-13H2,1H3,(H,24,27)/t15-/m0/s1. The van der Waals surface area contributed by atoms with Crippen LogP contribution in [0.15, 0.2) is 71.1 Å². The second-order valence-electron chi connectivity index (χ2n) is 6.76. The number of hydrogen-bond donors (Lipinski definition) is 1. The van der Waals surface area contributed by atoms with Crippen molar-refractivity contribution in [3.05, 3.63) is 72.6 Å². The average Bonchev–Trinajstić information content (AvgIpc) is 3.15. The number of ether oxygens (including phenoxy) is 1. The van der Waals surface area contributed by atoms with Gasteiger partial charge in [0.2, 0.25) is 0 Å². The molecule has 6 heteroatoms. The lowest BCUT2D eigenvalue weighted by molar-refractivity contribution is -0.153. The first-order valence-corrected chi connectivity index (χ1v) is 9.42. The summed E-state index contributed by atoms with van der Waals surface area (Å²) in [6.45, 7) is 1.55. The van der Waals surface area contributed by atoms with Crippen LogP contribution in [-0.2, 0) is 20.7 Å². The summed E-state index contributed by atoms with van der Waals surface area (Å²) in [5, 5.41) is 4.89. The smallest absolute Gasteiger partial charge is 0.307 e. The number of aromatic nitrogens is 1. The quantitative estimate of drug-likeness (QED) is 0.493. The maximum absolute atomic E-state index is 12.4. The molecule has 1 atom stereocenters. The van der Waals surface area contributed by atoms with Crippen LogP contribution in [0, 0.1) is 0 Å². The molecule has 0 aliphatic carbocycles. The van der Waals surface area contributed by atoms with E-state index in [2.05, 4.69) is 10.3 Å². The third-order valence-electron chi connectivity index (χ3n) is 4.58. The number of anilines is 1. The summed E-state index contributed by atoms with van der Waals surface area (Å²) < 4.78 is 10.8. The molecule has 3 aromatic carbocycles. The lowest BCUT2D eigenvalue weighted by Gasteiger charge is -2.13. The molecule has 146 valence electrons. The van der Waals surface area contributed by atoms with E-state index < -0.39 is 12.1 Å². The molecule has 1 N–H and O–H groups in total. The molecule has 0 spiro atoms. The number of para-hydroxylation sites is 2. The molecule has 0 saturated carbocycles. The van der Waals surface area contributed by atoms with Crippen LogP contribution >= 0.6 is 0 Å². The lowest BCUT2D eigenvalue weighted by atomic mass is 10.1. The Morgan fingerprint density at radius 3 is 2.62 bits per heavy atom. The van der Waals surface area contributed by atoms with Crippen molar-refractivity contribution in [2.45, 2.75) is 25.9 Å². The van der Waals surface area contributed by atoms with Gasteiger partial charge in [0.05, 0.1) is 6.42 Å². The van der Waals surface area contributed by atoms with Gasteiger partial charge in [0.15, 0.2) is 17.6 Å². The Morgan fingerprint density at radius 2 is 1.79 bits per heavy atom. The van der Waals surface area contributed by atoms with Crippen LogP contribution < -0.4 is 5.32 Å². The Bertz CT molecular complexity index is 1150. The van der Waals surface area contributed by atoms with Gasteiger partial charge in [-0.2, -0.15) is 0 Å². The van der Waals surface area contributed by atoms with Gasteiger partial charge in [-0.25, -0.2) is 4.98 Å². The molecule has 0 aliphatic rings. The van der Waals surface area contributed by atoms with E-state index in [1.54, 1.807) is 6.92 Å². The molecule has 1 amide bonds. The molecule has 4 aromatic rings. The molecule has 0 unspecified atom stereocenters. The molecule has 0 saturated heterocycles. The Balaban J connectivity index is 1.30. The minimum Gasteiger partial charge on any atom is -0.453 e. The van der Waals surface area contributed by atoms with Gasteiger partial charge in [-0.3, -0.25) is 9.59 Å². The van der Waals surface area contributed by atoms with E-state index in [0.29, 0.717) is 23.6 Å². The van der Waals surface area contributed by atoms with E-state index in [1.165, 1.54) is 0 Å². The van der Waals surface area contributed by atoms with E-state index >= 15 is 0 Å². The Hall–Kier alpha value is -3.67. The molecule has 6 nitrogen and oxygen atoms in total. The minimum atomic E-state index is -0.905. The van der Waals surface area contributed by atoms with Gasteiger partial charge in [0.1, 0.15) is 5.52 Å². The molecule has 0 fully saturated rings. The molecule has 0 aliphatic heterocycles. The van der Waals surface area contributed by atoms with Crippen molar-refractivity contribution in [1.29, 1.82) is 0 Å². The number of oxazole rings is 1. The molecule has 29 heavy (non-hydrogen) atoms. The van der Waals surface area contributed by atoms with Crippen molar-refractivity contribution in [2.75, 3.05) is 5.32 Å².